The standard InChI is InChI=1S/C4HCl5N2/c5-1-2(6)11(3(7)8)4(9)10-1/h3H. The Morgan fingerprint density at radius 2 is 1.73 bits per heavy atom. The third-order valence-corrected chi connectivity index (χ3v) is 2.34. The Labute approximate surface area is 88.0 Å². The van der Waals surface area contributed by atoms with Crippen LogP contribution in [0.25, 0.3) is 0 Å². The van der Waals surface area contributed by atoms with Gasteiger partial charge >= 0.3 is 0 Å². The van der Waals surface area contributed by atoms with E-state index in [9.17, 15) is 0 Å². The fourth-order valence-electron chi connectivity index (χ4n) is 0.528. The summed E-state index contributed by atoms with van der Waals surface area (Å²) in [6, 6.07) is 0. The number of hydrogen-bond donors (Lipinski definition) is 0. The Kier molecular flexibility index (Phi) is 3.18. The van der Waals surface area contributed by atoms with E-state index < -0.39 is 4.96 Å². The summed E-state index contributed by atoms with van der Waals surface area (Å²) in [6.45, 7) is 0. The SMILES string of the molecule is Clc1nc(Cl)n(C(Cl)Cl)c1Cl. The Hall–Kier alpha value is 0.660. The average Bonchev–Trinajstić information content (AvgIpc) is 2.07. The van der Waals surface area contributed by atoms with Gasteiger partial charge in [0, 0.05) is 0 Å². The summed E-state index contributed by atoms with van der Waals surface area (Å²) in [4.78, 5) is 2.75. The van der Waals surface area contributed by atoms with Gasteiger partial charge in [0.05, 0.1) is 0 Å². The van der Waals surface area contributed by atoms with Gasteiger partial charge in [-0.3, -0.25) is 4.57 Å². The van der Waals surface area contributed by atoms with E-state index in [1.165, 1.54) is 4.57 Å². The number of aromatic nitrogens is 2. The highest BCUT2D eigenvalue weighted by molar-refractivity contribution is 6.45. The molecule has 1 aromatic rings. The molecule has 0 unspecified atom stereocenters. The molecule has 0 fully saturated rings. The minimum absolute atomic E-state index is 0.0648. The minimum Gasteiger partial charge on any atom is -0.273 e. The van der Waals surface area contributed by atoms with E-state index in [4.69, 9.17) is 58.0 Å². The second kappa shape index (κ2) is 3.58. The summed E-state index contributed by atoms with van der Waals surface area (Å²) in [5, 5.41) is 0.282. The van der Waals surface area contributed by atoms with Crippen LogP contribution in [-0.2, 0) is 0 Å². The molecule has 0 bridgehead atoms. The highest BCUT2D eigenvalue weighted by atomic mass is 35.5. The van der Waals surface area contributed by atoms with E-state index in [-0.39, 0.29) is 15.6 Å². The van der Waals surface area contributed by atoms with Gasteiger partial charge in [-0.15, -0.1) is 0 Å². The van der Waals surface area contributed by atoms with Gasteiger partial charge in [-0.25, -0.2) is 4.98 Å². The molecule has 0 aromatic carbocycles. The molecular weight excluding hydrogens is 253 g/mol. The second-order valence-corrected chi connectivity index (χ2v) is 3.71. The largest absolute Gasteiger partial charge is 0.273 e. The molecule has 0 aliphatic heterocycles. The van der Waals surface area contributed by atoms with Crippen molar-refractivity contribution in [3.63, 3.8) is 0 Å². The van der Waals surface area contributed by atoms with E-state index in [1.54, 1.807) is 0 Å². The normalized spacial score (nSPS) is 11.1. The van der Waals surface area contributed by atoms with Crippen LogP contribution in [0.2, 0.25) is 15.6 Å². The van der Waals surface area contributed by atoms with Crippen LogP contribution in [-0.4, -0.2) is 9.55 Å². The van der Waals surface area contributed by atoms with Crippen LogP contribution in [0.4, 0.5) is 0 Å². The number of rotatable bonds is 1. The maximum Gasteiger partial charge on any atom is 0.207 e. The van der Waals surface area contributed by atoms with Gasteiger partial charge in [-0.2, -0.15) is 0 Å². The minimum atomic E-state index is -0.880. The van der Waals surface area contributed by atoms with Crippen molar-refractivity contribution in [1.29, 1.82) is 0 Å². The molecule has 0 amide bonds. The van der Waals surface area contributed by atoms with Crippen molar-refractivity contribution >= 4 is 58.0 Å². The predicted octanol–water partition coefficient (Wildman–Crippen LogP) is 3.78. The number of nitrogens with zero attached hydrogens (tertiary/aromatic N) is 2. The number of imidazole rings is 1. The first-order valence-corrected chi connectivity index (χ1v) is 4.41. The zero-order valence-corrected chi connectivity index (χ0v) is 8.64. The molecule has 0 spiro atoms. The smallest absolute Gasteiger partial charge is 0.207 e. The van der Waals surface area contributed by atoms with Gasteiger partial charge in [0.15, 0.2) is 15.3 Å². The third kappa shape index (κ3) is 1.87. The molecule has 11 heavy (non-hydrogen) atoms. The zero-order chi connectivity index (χ0) is 8.59. The summed E-state index contributed by atoms with van der Waals surface area (Å²) >= 11 is 27.7. The molecule has 0 saturated heterocycles. The molecule has 0 atom stereocenters. The Morgan fingerprint density at radius 1 is 1.18 bits per heavy atom. The molecule has 62 valence electrons. The quantitative estimate of drug-likeness (QED) is 0.697. The molecule has 1 rings (SSSR count). The van der Waals surface area contributed by atoms with Crippen LogP contribution < -0.4 is 0 Å². The van der Waals surface area contributed by atoms with Crippen LogP contribution >= 0.6 is 58.0 Å². The summed E-state index contributed by atoms with van der Waals surface area (Å²) in [5.74, 6) is 0. The van der Waals surface area contributed by atoms with Crippen molar-refractivity contribution in [2.45, 2.75) is 4.96 Å². The number of halogens is 5. The molecule has 7 heteroatoms. The van der Waals surface area contributed by atoms with Crippen molar-refractivity contribution in [3.05, 3.63) is 15.6 Å². The van der Waals surface area contributed by atoms with Gasteiger partial charge in [0.25, 0.3) is 0 Å². The van der Waals surface area contributed by atoms with E-state index in [0.29, 0.717) is 0 Å². The third-order valence-electron chi connectivity index (χ3n) is 0.966. The van der Waals surface area contributed by atoms with Crippen molar-refractivity contribution in [3.8, 4) is 0 Å². The van der Waals surface area contributed by atoms with Crippen LogP contribution in [0.5, 0.6) is 0 Å². The van der Waals surface area contributed by atoms with Gasteiger partial charge in [0.1, 0.15) is 0 Å². The van der Waals surface area contributed by atoms with Crippen LogP contribution in [0.1, 0.15) is 4.96 Å². The monoisotopic (exact) mass is 252 g/mol. The summed E-state index contributed by atoms with van der Waals surface area (Å²) in [5.41, 5.74) is 0. The molecule has 0 aliphatic rings. The van der Waals surface area contributed by atoms with E-state index >= 15 is 0 Å². The lowest BCUT2D eigenvalue weighted by Gasteiger charge is -2.03. The predicted molar refractivity (Wildman–Crippen MR) is 48.0 cm³/mol. The topological polar surface area (TPSA) is 17.8 Å². The van der Waals surface area contributed by atoms with Crippen LogP contribution in [0, 0.1) is 0 Å². The molecule has 0 saturated carbocycles. The maximum atomic E-state index is 5.62. The highest BCUT2D eigenvalue weighted by Gasteiger charge is 2.16. The Morgan fingerprint density at radius 3 is 1.91 bits per heavy atom. The maximum absolute atomic E-state index is 5.62. The van der Waals surface area contributed by atoms with Crippen LogP contribution in [0.15, 0.2) is 0 Å². The lowest BCUT2D eigenvalue weighted by molar-refractivity contribution is 0.853. The van der Waals surface area contributed by atoms with E-state index in [2.05, 4.69) is 4.98 Å². The van der Waals surface area contributed by atoms with Crippen molar-refractivity contribution < 1.29 is 0 Å². The van der Waals surface area contributed by atoms with Gasteiger partial charge in [-0.05, 0) is 11.6 Å². The molecule has 0 aliphatic carbocycles. The lowest BCUT2D eigenvalue weighted by Crippen LogP contribution is -1.95. The van der Waals surface area contributed by atoms with Crippen molar-refractivity contribution in [2.24, 2.45) is 0 Å². The molecule has 2 nitrogen and oxygen atoms in total. The summed E-state index contributed by atoms with van der Waals surface area (Å²) in [6.07, 6.45) is 0. The molecule has 0 N–H and O–H groups in total. The molecule has 1 heterocycles. The highest BCUT2D eigenvalue weighted by Crippen LogP contribution is 2.32. The first kappa shape index (κ1) is 9.75. The molecule has 1 aromatic heterocycles. The van der Waals surface area contributed by atoms with E-state index in [1.807, 2.05) is 0 Å². The number of hydrogen-bond acceptors (Lipinski definition) is 1. The number of alkyl halides is 2. The van der Waals surface area contributed by atoms with E-state index in [0.717, 1.165) is 0 Å². The Balaban J connectivity index is 3.22. The molecular formula is C4HCl5N2. The average molecular weight is 254 g/mol. The first-order chi connectivity index (χ1) is 5.04. The first-order valence-electron chi connectivity index (χ1n) is 2.41. The fourth-order valence-corrected chi connectivity index (χ4v) is 1.85. The lowest BCUT2D eigenvalue weighted by atomic mass is 10.9. The fraction of sp³-hybridized carbons (Fsp3) is 0.250. The molecule has 0 radical (unpaired) electrons. The van der Waals surface area contributed by atoms with Crippen LogP contribution in [0.3, 0.4) is 0 Å². The summed E-state index contributed by atoms with van der Waals surface area (Å²) < 4.78 is 1.19. The van der Waals surface area contributed by atoms with Crippen molar-refractivity contribution in [1.82, 2.24) is 9.55 Å². The second-order valence-electron chi connectivity index (χ2n) is 1.61. The summed E-state index contributed by atoms with van der Waals surface area (Å²) in [7, 11) is 0. The van der Waals surface area contributed by atoms with Crippen molar-refractivity contribution in [2.75, 3.05) is 0 Å². The van der Waals surface area contributed by atoms with Gasteiger partial charge in [-0.1, -0.05) is 46.4 Å². The Bertz CT molecular complexity index is 268. The zero-order valence-electron chi connectivity index (χ0n) is 4.86. The van der Waals surface area contributed by atoms with Gasteiger partial charge in [0.2, 0.25) is 5.28 Å². The van der Waals surface area contributed by atoms with Gasteiger partial charge < -0.3 is 0 Å².